The molecular weight excluding hydrogens is 136 g/mol. The van der Waals surface area contributed by atoms with Crippen LogP contribution >= 0.6 is 0 Å². The Morgan fingerprint density at radius 1 is 1.09 bits per heavy atom. The molecule has 2 nitrogen and oxygen atoms in total. The van der Waals surface area contributed by atoms with Gasteiger partial charge in [0.15, 0.2) is 0 Å². The number of hydrogen-bond acceptors (Lipinski definition) is 2. The average Bonchev–Trinajstić information content (AvgIpc) is 1.80. The standard InChI is InChI=1S/C9H20N2/c1-9(2,3)11(6)8-7-10(4)5/h1H,7-8H2,2-6H3. The van der Waals surface area contributed by atoms with Crippen molar-refractivity contribution in [2.45, 2.75) is 19.4 Å². The second kappa shape index (κ2) is 4.07. The largest absolute Gasteiger partial charge is 0.308 e. The van der Waals surface area contributed by atoms with Crippen molar-refractivity contribution in [3.8, 4) is 0 Å². The highest BCUT2D eigenvalue weighted by atomic mass is 15.2. The molecule has 0 aromatic heterocycles. The molecule has 2 heteroatoms. The Morgan fingerprint density at radius 2 is 1.55 bits per heavy atom. The highest BCUT2D eigenvalue weighted by Gasteiger charge is 2.16. The lowest BCUT2D eigenvalue weighted by atomic mass is 10.1. The molecule has 0 atom stereocenters. The SMILES string of the molecule is [CH]C(C)(C)N(C)CCN(C)C. The topological polar surface area (TPSA) is 6.48 Å². The van der Waals surface area contributed by atoms with E-state index in [0.717, 1.165) is 13.1 Å². The molecule has 0 aromatic rings. The Balaban J connectivity index is 3.61. The summed E-state index contributed by atoms with van der Waals surface area (Å²) in [4.78, 5) is 4.30. The van der Waals surface area contributed by atoms with Gasteiger partial charge in [-0.1, -0.05) is 0 Å². The van der Waals surface area contributed by atoms with Gasteiger partial charge in [-0.05, 0) is 41.9 Å². The molecular formula is C9H20N2. The molecule has 0 amide bonds. The van der Waals surface area contributed by atoms with Gasteiger partial charge in [0.05, 0.1) is 0 Å². The van der Waals surface area contributed by atoms with Gasteiger partial charge in [-0.3, -0.25) is 4.90 Å². The highest BCUT2D eigenvalue weighted by molar-refractivity contribution is 4.81. The second-order valence-electron chi connectivity index (χ2n) is 3.88. The Hall–Kier alpha value is -0.0800. The summed E-state index contributed by atoms with van der Waals surface area (Å²) in [6.07, 6.45) is 0. The molecule has 0 saturated carbocycles. The first-order valence-electron chi connectivity index (χ1n) is 3.99. The van der Waals surface area contributed by atoms with E-state index in [4.69, 9.17) is 6.92 Å². The Morgan fingerprint density at radius 3 is 1.82 bits per heavy atom. The van der Waals surface area contributed by atoms with Crippen molar-refractivity contribution in [1.82, 2.24) is 9.80 Å². The summed E-state index contributed by atoms with van der Waals surface area (Å²) in [5, 5.41) is 0. The second-order valence-corrected chi connectivity index (χ2v) is 3.88. The molecule has 0 aliphatic rings. The van der Waals surface area contributed by atoms with E-state index >= 15 is 0 Å². The maximum Gasteiger partial charge on any atom is 0.0185 e. The van der Waals surface area contributed by atoms with Crippen molar-refractivity contribution in [1.29, 1.82) is 0 Å². The van der Waals surface area contributed by atoms with Gasteiger partial charge < -0.3 is 4.90 Å². The smallest absolute Gasteiger partial charge is 0.0185 e. The van der Waals surface area contributed by atoms with E-state index in [-0.39, 0.29) is 5.54 Å². The van der Waals surface area contributed by atoms with E-state index in [0.29, 0.717) is 0 Å². The van der Waals surface area contributed by atoms with E-state index in [1.165, 1.54) is 0 Å². The van der Waals surface area contributed by atoms with Gasteiger partial charge >= 0.3 is 0 Å². The van der Waals surface area contributed by atoms with E-state index in [9.17, 15) is 0 Å². The first kappa shape index (κ1) is 10.9. The highest BCUT2D eigenvalue weighted by Crippen LogP contribution is 2.08. The lowest BCUT2D eigenvalue weighted by Crippen LogP contribution is -2.41. The molecule has 0 saturated heterocycles. The Kier molecular flexibility index (Phi) is 4.04. The minimum atomic E-state index is -0.198. The van der Waals surface area contributed by atoms with Crippen molar-refractivity contribution < 1.29 is 0 Å². The third kappa shape index (κ3) is 5.22. The molecule has 11 heavy (non-hydrogen) atoms. The number of rotatable bonds is 4. The van der Waals surface area contributed by atoms with Gasteiger partial charge in [0.1, 0.15) is 0 Å². The predicted octanol–water partition coefficient (Wildman–Crippen LogP) is 0.969. The lowest BCUT2D eigenvalue weighted by molar-refractivity contribution is 0.183. The van der Waals surface area contributed by atoms with Crippen LogP contribution in [0.3, 0.4) is 0 Å². The van der Waals surface area contributed by atoms with E-state index in [2.05, 4.69) is 23.9 Å². The molecule has 0 heterocycles. The van der Waals surface area contributed by atoms with Gasteiger partial charge in [-0.15, -0.1) is 0 Å². The van der Waals surface area contributed by atoms with Crippen molar-refractivity contribution >= 4 is 0 Å². The van der Waals surface area contributed by atoms with Crippen molar-refractivity contribution in [3.63, 3.8) is 0 Å². The average molecular weight is 156 g/mol. The van der Waals surface area contributed by atoms with E-state index in [1.54, 1.807) is 0 Å². The molecule has 0 rings (SSSR count). The molecule has 0 unspecified atom stereocenters. The first-order valence-corrected chi connectivity index (χ1v) is 3.99. The summed E-state index contributed by atoms with van der Waals surface area (Å²) < 4.78 is 0. The van der Waals surface area contributed by atoms with Gasteiger partial charge in [0.25, 0.3) is 0 Å². The number of nitrogens with zero attached hydrogens (tertiary/aromatic N) is 2. The molecule has 0 aromatic carbocycles. The molecule has 0 spiro atoms. The maximum atomic E-state index is 5.87. The predicted molar refractivity (Wildman–Crippen MR) is 49.6 cm³/mol. The zero-order valence-electron chi connectivity index (χ0n) is 8.39. The third-order valence-corrected chi connectivity index (χ3v) is 1.87. The first-order chi connectivity index (χ1) is 4.84. The van der Waals surface area contributed by atoms with Gasteiger partial charge in [0, 0.05) is 18.6 Å². The van der Waals surface area contributed by atoms with Gasteiger partial charge in [-0.2, -0.15) is 0 Å². The quantitative estimate of drug-likeness (QED) is 0.598. The summed E-state index contributed by atoms with van der Waals surface area (Å²) >= 11 is 0. The molecule has 0 fully saturated rings. The van der Waals surface area contributed by atoms with Crippen LogP contribution in [-0.2, 0) is 0 Å². The van der Waals surface area contributed by atoms with Crippen molar-refractivity contribution in [2.24, 2.45) is 0 Å². The minimum absolute atomic E-state index is 0.198. The summed E-state index contributed by atoms with van der Waals surface area (Å²) in [5.41, 5.74) is -0.198. The van der Waals surface area contributed by atoms with Crippen LogP contribution in [0.1, 0.15) is 13.8 Å². The molecule has 0 aliphatic carbocycles. The minimum Gasteiger partial charge on any atom is -0.308 e. The molecule has 0 N–H and O–H groups in total. The fourth-order valence-corrected chi connectivity index (χ4v) is 0.638. The molecule has 0 aliphatic heterocycles. The van der Waals surface area contributed by atoms with Crippen molar-refractivity contribution in [3.05, 3.63) is 6.92 Å². The van der Waals surface area contributed by atoms with E-state index < -0.39 is 0 Å². The lowest BCUT2D eigenvalue weighted by Gasteiger charge is -2.32. The molecule has 2 radical (unpaired) electrons. The zero-order chi connectivity index (χ0) is 9.07. The summed E-state index contributed by atoms with van der Waals surface area (Å²) in [5.74, 6) is 0. The van der Waals surface area contributed by atoms with Crippen LogP contribution in [-0.4, -0.2) is 49.6 Å². The van der Waals surface area contributed by atoms with Crippen LogP contribution in [0.15, 0.2) is 0 Å². The molecule has 66 valence electrons. The monoisotopic (exact) mass is 156 g/mol. The van der Waals surface area contributed by atoms with E-state index in [1.807, 2.05) is 20.9 Å². The fraction of sp³-hybridized carbons (Fsp3) is 0.889. The summed E-state index contributed by atoms with van der Waals surface area (Å²) in [6, 6.07) is 0. The van der Waals surface area contributed by atoms with Gasteiger partial charge in [0.2, 0.25) is 0 Å². The van der Waals surface area contributed by atoms with Crippen LogP contribution in [0.25, 0.3) is 0 Å². The van der Waals surface area contributed by atoms with Crippen LogP contribution < -0.4 is 0 Å². The molecule has 0 bridgehead atoms. The van der Waals surface area contributed by atoms with Crippen LogP contribution in [0.2, 0.25) is 0 Å². The number of hydrogen-bond donors (Lipinski definition) is 0. The van der Waals surface area contributed by atoms with Gasteiger partial charge in [-0.25, -0.2) is 0 Å². The third-order valence-electron chi connectivity index (χ3n) is 1.87. The van der Waals surface area contributed by atoms with Crippen LogP contribution in [0, 0.1) is 6.92 Å². The van der Waals surface area contributed by atoms with Crippen LogP contribution in [0.5, 0.6) is 0 Å². The maximum absolute atomic E-state index is 5.87. The Bertz CT molecular complexity index is 103. The summed E-state index contributed by atoms with van der Waals surface area (Å²) in [6.45, 7) is 12.0. The number of likely N-dealkylation sites (N-methyl/N-ethyl adjacent to an activating group) is 2. The zero-order valence-corrected chi connectivity index (χ0v) is 8.39. The Labute approximate surface area is 71.2 Å². The van der Waals surface area contributed by atoms with Crippen LogP contribution in [0.4, 0.5) is 0 Å². The summed E-state index contributed by atoms with van der Waals surface area (Å²) in [7, 11) is 6.18. The fourth-order valence-electron chi connectivity index (χ4n) is 0.638. The van der Waals surface area contributed by atoms with Crippen molar-refractivity contribution in [2.75, 3.05) is 34.2 Å². The normalized spacial score (nSPS) is 13.1.